The van der Waals surface area contributed by atoms with Crippen molar-refractivity contribution in [2.45, 2.75) is 64.5 Å². The van der Waals surface area contributed by atoms with Gasteiger partial charge in [0.25, 0.3) is 0 Å². The Kier molecular flexibility index (Phi) is 5.35. The molecule has 0 aromatic carbocycles. The van der Waals surface area contributed by atoms with E-state index >= 15 is 0 Å². The molecule has 0 spiro atoms. The first kappa shape index (κ1) is 16.0. The minimum Gasteiger partial charge on any atom is -0.480 e. The maximum Gasteiger partial charge on any atom is 0.329 e. The lowest BCUT2D eigenvalue weighted by Crippen LogP contribution is -2.60. The largest absolute Gasteiger partial charge is 0.480 e. The van der Waals surface area contributed by atoms with Gasteiger partial charge in [0.1, 0.15) is 5.54 Å². The number of aliphatic carboxylic acids is 1. The van der Waals surface area contributed by atoms with E-state index in [0.717, 1.165) is 19.3 Å². The lowest BCUT2D eigenvalue weighted by molar-refractivity contribution is -0.150. The van der Waals surface area contributed by atoms with Crippen molar-refractivity contribution in [1.82, 2.24) is 5.32 Å². The Bertz CT molecular complexity index is 336. The van der Waals surface area contributed by atoms with Crippen LogP contribution in [0.25, 0.3) is 0 Å². The van der Waals surface area contributed by atoms with Crippen LogP contribution in [0.4, 0.5) is 0 Å². The topological polar surface area (TPSA) is 92.4 Å². The van der Waals surface area contributed by atoms with Crippen LogP contribution in [0.15, 0.2) is 0 Å². The van der Waals surface area contributed by atoms with Crippen LogP contribution in [-0.4, -0.2) is 28.6 Å². The van der Waals surface area contributed by atoms with Gasteiger partial charge in [-0.05, 0) is 37.5 Å². The maximum absolute atomic E-state index is 12.1. The van der Waals surface area contributed by atoms with Crippen LogP contribution in [-0.2, 0) is 9.59 Å². The molecule has 0 bridgehead atoms. The molecule has 0 saturated heterocycles. The Morgan fingerprint density at radius 3 is 2.37 bits per heavy atom. The third-order valence-electron chi connectivity index (χ3n) is 4.46. The quantitative estimate of drug-likeness (QED) is 0.706. The smallest absolute Gasteiger partial charge is 0.329 e. The Balaban J connectivity index is 2.74. The van der Waals surface area contributed by atoms with Crippen LogP contribution in [0.2, 0.25) is 0 Å². The van der Waals surface area contributed by atoms with E-state index in [4.69, 9.17) is 5.73 Å². The summed E-state index contributed by atoms with van der Waals surface area (Å²) in [4.78, 5) is 23.6. The average molecular weight is 270 g/mol. The molecule has 5 heteroatoms. The van der Waals surface area contributed by atoms with Crippen molar-refractivity contribution < 1.29 is 14.7 Å². The molecular weight excluding hydrogens is 244 g/mol. The number of amides is 1. The molecule has 1 rings (SSSR count). The molecule has 2 atom stereocenters. The van der Waals surface area contributed by atoms with E-state index < -0.39 is 17.6 Å². The molecule has 1 amide bonds. The second-order valence-electron chi connectivity index (χ2n) is 5.97. The summed E-state index contributed by atoms with van der Waals surface area (Å²) in [5.41, 5.74) is 4.75. The normalized spacial score (nSPS) is 30.4. The number of carbonyl (C=O) groups excluding carboxylic acids is 1. The van der Waals surface area contributed by atoms with Crippen molar-refractivity contribution in [3.05, 3.63) is 0 Å². The fourth-order valence-electron chi connectivity index (χ4n) is 2.48. The van der Waals surface area contributed by atoms with E-state index in [9.17, 15) is 14.7 Å². The van der Waals surface area contributed by atoms with Gasteiger partial charge >= 0.3 is 5.97 Å². The second-order valence-corrected chi connectivity index (χ2v) is 5.97. The number of carboxylic acids is 1. The highest BCUT2D eigenvalue weighted by Gasteiger charge is 2.43. The van der Waals surface area contributed by atoms with Crippen LogP contribution >= 0.6 is 0 Å². The van der Waals surface area contributed by atoms with E-state index in [1.165, 1.54) is 0 Å². The van der Waals surface area contributed by atoms with E-state index in [0.29, 0.717) is 18.8 Å². The lowest BCUT2D eigenvalue weighted by Gasteiger charge is -2.37. The summed E-state index contributed by atoms with van der Waals surface area (Å²) in [6.07, 6.45) is 3.42. The van der Waals surface area contributed by atoms with E-state index in [1.54, 1.807) is 0 Å². The monoisotopic (exact) mass is 270 g/mol. The summed E-state index contributed by atoms with van der Waals surface area (Å²) >= 11 is 0. The van der Waals surface area contributed by atoms with Crippen molar-refractivity contribution in [2.75, 3.05) is 0 Å². The Labute approximate surface area is 114 Å². The van der Waals surface area contributed by atoms with Gasteiger partial charge in [-0.1, -0.05) is 27.2 Å². The molecule has 19 heavy (non-hydrogen) atoms. The molecule has 0 heterocycles. The number of carboxylic acid groups (broad SMARTS) is 1. The van der Waals surface area contributed by atoms with Crippen molar-refractivity contribution in [3.8, 4) is 0 Å². The number of nitrogens with one attached hydrogen (secondary N) is 1. The predicted molar refractivity (Wildman–Crippen MR) is 73.6 cm³/mol. The highest BCUT2D eigenvalue weighted by atomic mass is 16.4. The number of nitrogens with two attached hydrogens (primary N) is 1. The zero-order valence-electron chi connectivity index (χ0n) is 12.1. The van der Waals surface area contributed by atoms with Gasteiger partial charge in [0, 0.05) is 0 Å². The third-order valence-corrected chi connectivity index (χ3v) is 4.46. The molecule has 0 unspecified atom stereocenters. The molecule has 4 N–H and O–H groups in total. The first-order chi connectivity index (χ1) is 8.82. The van der Waals surface area contributed by atoms with Gasteiger partial charge in [0.05, 0.1) is 6.04 Å². The Morgan fingerprint density at radius 1 is 1.42 bits per heavy atom. The molecular formula is C14H26N2O3. The number of hydrogen-bond donors (Lipinski definition) is 3. The molecule has 1 fully saturated rings. The summed E-state index contributed by atoms with van der Waals surface area (Å²) < 4.78 is 0. The van der Waals surface area contributed by atoms with E-state index in [-0.39, 0.29) is 11.8 Å². The second kappa shape index (κ2) is 6.37. The van der Waals surface area contributed by atoms with Crippen LogP contribution in [0, 0.1) is 11.8 Å². The van der Waals surface area contributed by atoms with E-state index in [1.807, 2.05) is 13.8 Å². The van der Waals surface area contributed by atoms with Crippen molar-refractivity contribution >= 4 is 11.9 Å². The average Bonchev–Trinajstić information content (AvgIpc) is 2.39. The van der Waals surface area contributed by atoms with Gasteiger partial charge in [0.2, 0.25) is 5.91 Å². The van der Waals surface area contributed by atoms with Gasteiger partial charge in [-0.3, -0.25) is 4.79 Å². The van der Waals surface area contributed by atoms with Gasteiger partial charge in [-0.2, -0.15) is 0 Å². The standard InChI is InChI=1S/C14H26N2O3/c1-4-10(3)11(15)12(17)16-14(13(18)19)7-5-9(2)6-8-14/h9-11H,4-8,15H2,1-3H3,(H,16,17)(H,18,19)/t9?,10-,11-,14?/m0/s1. The molecule has 1 aliphatic carbocycles. The zero-order chi connectivity index (χ0) is 14.6. The molecule has 5 nitrogen and oxygen atoms in total. The Morgan fingerprint density at radius 2 is 1.95 bits per heavy atom. The predicted octanol–water partition coefficient (Wildman–Crippen LogP) is 1.51. The number of carbonyl (C=O) groups is 2. The fourth-order valence-corrected chi connectivity index (χ4v) is 2.48. The highest BCUT2D eigenvalue weighted by molar-refractivity contribution is 5.89. The summed E-state index contributed by atoms with van der Waals surface area (Å²) in [7, 11) is 0. The van der Waals surface area contributed by atoms with Crippen molar-refractivity contribution in [2.24, 2.45) is 17.6 Å². The number of rotatable bonds is 5. The molecule has 0 aromatic rings. The third kappa shape index (κ3) is 3.69. The van der Waals surface area contributed by atoms with E-state index in [2.05, 4.69) is 12.2 Å². The molecule has 0 radical (unpaired) electrons. The van der Waals surface area contributed by atoms with Crippen LogP contribution in [0.3, 0.4) is 0 Å². The zero-order valence-corrected chi connectivity index (χ0v) is 12.1. The van der Waals surface area contributed by atoms with Gasteiger partial charge < -0.3 is 16.2 Å². The molecule has 110 valence electrons. The summed E-state index contributed by atoms with van der Waals surface area (Å²) in [6.45, 7) is 5.98. The summed E-state index contributed by atoms with van der Waals surface area (Å²) in [5, 5.41) is 12.1. The highest BCUT2D eigenvalue weighted by Crippen LogP contribution is 2.32. The van der Waals surface area contributed by atoms with Crippen LogP contribution in [0.5, 0.6) is 0 Å². The van der Waals surface area contributed by atoms with Crippen LogP contribution in [0.1, 0.15) is 52.9 Å². The van der Waals surface area contributed by atoms with Gasteiger partial charge in [-0.15, -0.1) is 0 Å². The first-order valence-corrected chi connectivity index (χ1v) is 7.13. The number of hydrogen-bond acceptors (Lipinski definition) is 3. The summed E-state index contributed by atoms with van der Waals surface area (Å²) in [5.74, 6) is -0.712. The first-order valence-electron chi connectivity index (χ1n) is 7.13. The fraction of sp³-hybridized carbons (Fsp3) is 0.857. The SMILES string of the molecule is CC[C@H](C)[C@H](N)C(=O)NC1(C(=O)O)CCC(C)CC1. The minimum absolute atomic E-state index is 0.0494. The van der Waals surface area contributed by atoms with Crippen molar-refractivity contribution in [1.29, 1.82) is 0 Å². The molecule has 1 aliphatic rings. The molecule has 0 aromatic heterocycles. The minimum atomic E-state index is -1.12. The van der Waals surface area contributed by atoms with Crippen LogP contribution < -0.4 is 11.1 Å². The Hall–Kier alpha value is -1.10. The molecule has 1 saturated carbocycles. The molecule has 0 aliphatic heterocycles. The maximum atomic E-state index is 12.1. The van der Waals surface area contributed by atoms with Gasteiger partial charge in [-0.25, -0.2) is 4.79 Å². The summed E-state index contributed by atoms with van der Waals surface area (Å²) in [6, 6.07) is -0.638. The van der Waals surface area contributed by atoms with Gasteiger partial charge in [0.15, 0.2) is 0 Å². The van der Waals surface area contributed by atoms with Crippen molar-refractivity contribution in [3.63, 3.8) is 0 Å². The lowest BCUT2D eigenvalue weighted by atomic mass is 9.77.